The smallest absolute Gasteiger partial charge is 0.387 e. The Kier molecular flexibility index (Phi) is 7.83. The summed E-state index contributed by atoms with van der Waals surface area (Å²) in [7, 11) is 2.15. The van der Waals surface area contributed by atoms with E-state index in [0.717, 1.165) is 64.1 Å². The molecule has 0 aromatic heterocycles. The predicted octanol–water partition coefficient (Wildman–Crippen LogP) is 6.12. The minimum atomic E-state index is -2.83. The van der Waals surface area contributed by atoms with Gasteiger partial charge in [0.1, 0.15) is 5.75 Å². The van der Waals surface area contributed by atoms with Crippen molar-refractivity contribution >= 4 is 5.69 Å². The lowest BCUT2D eigenvalue weighted by Gasteiger charge is -2.42. The molecule has 1 saturated heterocycles. The first-order valence-electron chi connectivity index (χ1n) is 12.9. The Bertz CT molecular complexity index is 1080. The average Bonchev–Trinajstić information content (AvgIpc) is 2.90. The number of hydrogen-bond acceptors (Lipinski definition) is 4. The van der Waals surface area contributed by atoms with Crippen LogP contribution in [0, 0.1) is 0 Å². The van der Waals surface area contributed by atoms with Crippen LogP contribution in [0.5, 0.6) is 5.75 Å². The van der Waals surface area contributed by atoms with Gasteiger partial charge in [-0.3, -0.25) is 4.90 Å². The zero-order valence-corrected chi connectivity index (χ0v) is 21.0. The van der Waals surface area contributed by atoms with E-state index in [-0.39, 0.29) is 6.04 Å². The summed E-state index contributed by atoms with van der Waals surface area (Å²) >= 11 is 0. The van der Waals surface area contributed by atoms with Gasteiger partial charge >= 0.3 is 6.61 Å². The first-order chi connectivity index (χ1) is 17.6. The van der Waals surface area contributed by atoms with Gasteiger partial charge in [0, 0.05) is 56.6 Å². The zero-order valence-electron chi connectivity index (χ0n) is 21.0. The molecule has 5 rings (SSSR count). The highest BCUT2D eigenvalue weighted by molar-refractivity contribution is 5.63. The molecule has 0 saturated carbocycles. The Hall–Kier alpha value is -2.96. The number of likely N-dealkylation sites (N-methyl/N-ethyl adjacent to an activating group) is 1. The fourth-order valence-electron chi connectivity index (χ4n) is 5.69. The molecule has 0 bridgehead atoms. The Labute approximate surface area is 213 Å². The largest absolute Gasteiger partial charge is 0.435 e. The van der Waals surface area contributed by atoms with Crippen LogP contribution in [0.4, 0.5) is 14.5 Å². The van der Waals surface area contributed by atoms with Crippen molar-refractivity contribution in [3.63, 3.8) is 0 Å². The van der Waals surface area contributed by atoms with Crippen molar-refractivity contribution < 1.29 is 13.5 Å². The summed E-state index contributed by atoms with van der Waals surface area (Å²) in [6.07, 6.45) is 2.70. The monoisotopic (exact) mass is 491 g/mol. The van der Waals surface area contributed by atoms with Crippen molar-refractivity contribution in [1.29, 1.82) is 0 Å². The molecule has 1 aliphatic carbocycles. The Morgan fingerprint density at radius 1 is 0.861 bits per heavy atom. The molecule has 1 unspecified atom stereocenters. The lowest BCUT2D eigenvalue weighted by molar-refractivity contribution is -0.0507. The second kappa shape index (κ2) is 11.4. The van der Waals surface area contributed by atoms with Crippen molar-refractivity contribution in [3.05, 3.63) is 95.1 Å². The molecule has 6 heteroatoms. The predicted molar refractivity (Wildman–Crippen MR) is 141 cm³/mol. The van der Waals surface area contributed by atoms with E-state index in [1.807, 2.05) is 18.2 Å². The topological polar surface area (TPSA) is 19.0 Å². The van der Waals surface area contributed by atoms with Gasteiger partial charge in [0.05, 0.1) is 0 Å². The second-order valence-corrected chi connectivity index (χ2v) is 9.93. The fourth-order valence-corrected chi connectivity index (χ4v) is 5.69. The van der Waals surface area contributed by atoms with Crippen molar-refractivity contribution in [2.75, 3.05) is 38.1 Å². The van der Waals surface area contributed by atoms with Crippen LogP contribution in [-0.2, 0) is 19.5 Å². The molecule has 3 aromatic carbocycles. The van der Waals surface area contributed by atoms with E-state index in [2.05, 4.69) is 70.3 Å². The molecular formula is C30H35F2N3O. The Balaban J connectivity index is 1.57. The lowest BCUT2D eigenvalue weighted by atomic mass is 9.84. The summed E-state index contributed by atoms with van der Waals surface area (Å²) in [6, 6.07) is 25.0. The number of rotatable bonds is 8. The molecule has 190 valence electrons. The van der Waals surface area contributed by atoms with E-state index in [1.54, 1.807) is 6.07 Å². The second-order valence-electron chi connectivity index (χ2n) is 9.93. The summed E-state index contributed by atoms with van der Waals surface area (Å²) in [5.74, 6) is 0.335. The fraction of sp³-hybridized carbons (Fsp3) is 0.400. The third kappa shape index (κ3) is 5.71. The number of anilines is 1. The van der Waals surface area contributed by atoms with Crippen molar-refractivity contribution in [2.24, 2.45) is 0 Å². The summed E-state index contributed by atoms with van der Waals surface area (Å²) in [6.45, 7) is 2.61. The summed E-state index contributed by atoms with van der Waals surface area (Å²) in [4.78, 5) is 7.30. The minimum absolute atomic E-state index is 0.116. The van der Waals surface area contributed by atoms with Crippen molar-refractivity contribution in [3.8, 4) is 5.75 Å². The van der Waals surface area contributed by atoms with E-state index in [1.165, 1.54) is 22.4 Å². The van der Waals surface area contributed by atoms with Gasteiger partial charge in [0.25, 0.3) is 0 Å². The molecule has 0 N–H and O–H groups in total. The number of fused-ring (bicyclic) bond motifs is 1. The van der Waals surface area contributed by atoms with Crippen LogP contribution in [0.25, 0.3) is 0 Å². The van der Waals surface area contributed by atoms with E-state index in [9.17, 15) is 8.78 Å². The zero-order chi connectivity index (χ0) is 24.9. The maximum Gasteiger partial charge on any atom is 0.387 e. The van der Waals surface area contributed by atoms with Gasteiger partial charge in [0.2, 0.25) is 0 Å². The highest BCUT2D eigenvalue weighted by Gasteiger charge is 2.33. The average molecular weight is 492 g/mol. The van der Waals surface area contributed by atoms with Crippen LogP contribution in [0.15, 0.2) is 72.8 Å². The molecule has 36 heavy (non-hydrogen) atoms. The first-order valence-corrected chi connectivity index (χ1v) is 12.9. The highest BCUT2D eigenvalue weighted by atomic mass is 19.3. The molecule has 0 spiro atoms. The molecule has 0 radical (unpaired) electrons. The maximum absolute atomic E-state index is 13.4. The third-order valence-corrected chi connectivity index (χ3v) is 7.49. The number of nitrogens with zero attached hydrogens (tertiary/aromatic N) is 3. The molecule has 1 fully saturated rings. The van der Waals surface area contributed by atoms with Gasteiger partial charge < -0.3 is 14.5 Å². The minimum Gasteiger partial charge on any atom is -0.435 e. The standard InChI is InChI=1S/C30H35F2N3O/c1-33-17-19-34(20-18-33)27-15-16-28(36-30(31)32)25-13-8-14-26(29(25)27)35(21-23-9-4-2-5-10-23)22-24-11-6-3-7-12-24/h2-7,9-12,15-16,26,30H,8,13-14,17-22H2,1H3. The summed E-state index contributed by atoms with van der Waals surface area (Å²) in [5, 5.41) is 0. The van der Waals surface area contributed by atoms with Crippen LogP contribution in [0.2, 0.25) is 0 Å². The number of hydrogen-bond donors (Lipinski definition) is 0. The van der Waals surface area contributed by atoms with Gasteiger partial charge in [-0.05, 0) is 55.1 Å². The maximum atomic E-state index is 13.4. The molecule has 1 atom stereocenters. The van der Waals surface area contributed by atoms with E-state index in [4.69, 9.17) is 4.74 Å². The number of halogens is 2. The number of piperazine rings is 1. The van der Waals surface area contributed by atoms with Crippen molar-refractivity contribution in [1.82, 2.24) is 9.80 Å². The van der Waals surface area contributed by atoms with Crippen LogP contribution >= 0.6 is 0 Å². The van der Waals surface area contributed by atoms with Crippen LogP contribution < -0.4 is 9.64 Å². The van der Waals surface area contributed by atoms with Crippen LogP contribution in [0.3, 0.4) is 0 Å². The SMILES string of the molecule is CN1CCN(c2ccc(OC(F)F)c3c2C(N(Cc2ccccc2)Cc2ccccc2)CCC3)CC1. The highest BCUT2D eigenvalue weighted by Crippen LogP contribution is 2.45. The van der Waals surface area contributed by atoms with Gasteiger partial charge in [-0.2, -0.15) is 8.78 Å². The normalized spacial score (nSPS) is 18.5. The molecule has 1 aliphatic heterocycles. The van der Waals surface area contributed by atoms with Crippen LogP contribution in [0.1, 0.15) is 41.1 Å². The van der Waals surface area contributed by atoms with E-state index in [0.29, 0.717) is 5.75 Å². The quantitative estimate of drug-likeness (QED) is 0.378. The molecule has 3 aromatic rings. The number of ether oxygens (including phenoxy) is 1. The molecule has 0 amide bonds. The van der Waals surface area contributed by atoms with Gasteiger partial charge in [-0.25, -0.2) is 0 Å². The molecule has 4 nitrogen and oxygen atoms in total. The van der Waals surface area contributed by atoms with E-state index >= 15 is 0 Å². The summed E-state index contributed by atoms with van der Waals surface area (Å²) < 4.78 is 31.8. The Morgan fingerprint density at radius 2 is 1.47 bits per heavy atom. The number of benzene rings is 3. The molecular weight excluding hydrogens is 456 g/mol. The van der Waals surface area contributed by atoms with E-state index < -0.39 is 6.61 Å². The summed E-state index contributed by atoms with van der Waals surface area (Å²) in [5.41, 5.74) is 5.81. The van der Waals surface area contributed by atoms with Gasteiger partial charge in [-0.1, -0.05) is 60.7 Å². The Morgan fingerprint density at radius 3 is 2.06 bits per heavy atom. The third-order valence-electron chi connectivity index (χ3n) is 7.49. The molecule has 1 heterocycles. The number of alkyl halides is 2. The lowest BCUT2D eigenvalue weighted by Crippen LogP contribution is -2.45. The molecule has 2 aliphatic rings. The first kappa shape index (κ1) is 24.7. The van der Waals surface area contributed by atoms with Crippen molar-refractivity contribution in [2.45, 2.75) is 45.0 Å². The van der Waals surface area contributed by atoms with Gasteiger partial charge in [-0.15, -0.1) is 0 Å². The van der Waals surface area contributed by atoms with Crippen LogP contribution in [-0.4, -0.2) is 49.6 Å². The van der Waals surface area contributed by atoms with Gasteiger partial charge in [0.15, 0.2) is 0 Å².